The first-order chi connectivity index (χ1) is 8.54. The van der Waals surface area contributed by atoms with Gasteiger partial charge in [-0.3, -0.25) is 4.79 Å². The van der Waals surface area contributed by atoms with Gasteiger partial charge in [-0.1, -0.05) is 25.3 Å². The predicted molar refractivity (Wildman–Crippen MR) is 76.5 cm³/mol. The summed E-state index contributed by atoms with van der Waals surface area (Å²) < 4.78 is 0. The minimum absolute atomic E-state index is 0.0314. The molecule has 0 aromatic carbocycles. The van der Waals surface area contributed by atoms with Gasteiger partial charge in [-0.05, 0) is 33.7 Å². The molecule has 104 valence electrons. The van der Waals surface area contributed by atoms with Gasteiger partial charge in [0.2, 0.25) is 5.91 Å². The van der Waals surface area contributed by atoms with E-state index in [1.165, 1.54) is 19.3 Å². The van der Waals surface area contributed by atoms with Crippen molar-refractivity contribution in [3.05, 3.63) is 12.7 Å². The fourth-order valence-electron chi connectivity index (χ4n) is 2.87. The van der Waals surface area contributed by atoms with Gasteiger partial charge in [0.1, 0.15) is 0 Å². The topological polar surface area (TPSA) is 32.3 Å². The van der Waals surface area contributed by atoms with Crippen molar-refractivity contribution >= 4 is 5.91 Å². The highest BCUT2D eigenvalue weighted by molar-refractivity contribution is 5.78. The average molecular weight is 252 g/mol. The zero-order chi connectivity index (χ0) is 13.6. The predicted octanol–water partition coefficient (Wildman–Crippen LogP) is 2.72. The molecule has 3 nitrogen and oxygen atoms in total. The summed E-state index contributed by atoms with van der Waals surface area (Å²) in [5.41, 5.74) is 0.0314. The van der Waals surface area contributed by atoms with Crippen LogP contribution in [-0.2, 0) is 4.79 Å². The lowest BCUT2D eigenvalue weighted by atomic mass is 9.79. The minimum atomic E-state index is 0.0314. The Hall–Kier alpha value is -0.830. The van der Waals surface area contributed by atoms with Crippen molar-refractivity contribution in [3.8, 4) is 0 Å². The molecule has 1 aliphatic rings. The second-order valence-electron chi connectivity index (χ2n) is 5.70. The zero-order valence-electron chi connectivity index (χ0n) is 12.2. The third kappa shape index (κ3) is 3.84. The van der Waals surface area contributed by atoms with Gasteiger partial charge in [0, 0.05) is 24.5 Å². The lowest BCUT2D eigenvalue weighted by molar-refractivity contribution is -0.134. The van der Waals surface area contributed by atoms with Crippen molar-refractivity contribution in [1.82, 2.24) is 10.2 Å². The summed E-state index contributed by atoms with van der Waals surface area (Å²) in [5.74, 6) is 0.251. The van der Waals surface area contributed by atoms with Crippen LogP contribution in [0.15, 0.2) is 12.7 Å². The van der Waals surface area contributed by atoms with Gasteiger partial charge in [0.25, 0.3) is 0 Å². The highest BCUT2D eigenvalue weighted by atomic mass is 16.2. The lowest BCUT2D eigenvalue weighted by Crippen LogP contribution is -2.50. The van der Waals surface area contributed by atoms with Crippen LogP contribution in [0.25, 0.3) is 0 Å². The fraction of sp³-hybridized carbons (Fsp3) is 0.800. The Morgan fingerprint density at radius 2 is 2.00 bits per heavy atom. The van der Waals surface area contributed by atoms with E-state index in [-0.39, 0.29) is 17.5 Å². The van der Waals surface area contributed by atoms with Crippen LogP contribution >= 0.6 is 0 Å². The Bertz CT molecular complexity index is 280. The Labute approximate surface area is 112 Å². The summed E-state index contributed by atoms with van der Waals surface area (Å²) in [5, 5.41) is 3.41. The van der Waals surface area contributed by atoms with Crippen molar-refractivity contribution in [1.29, 1.82) is 0 Å². The van der Waals surface area contributed by atoms with Crippen molar-refractivity contribution in [2.75, 3.05) is 13.6 Å². The van der Waals surface area contributed by atoms with E-state index in [0.29, 0.717) is 13.0 Å². The molecule has 0 spiro atoms. The van der Waals surface area contributed by atoms with Gasteiger partial charge in [0.05, 0.1) is 0 Å². The van der Waals surface area contributed by atoms with Crippen molar-refractivity contribution in [2.24, 2.45) is 0 Å². The third-order valence-corrected chi connectivity index (χ3v) is 4.10. The summed E-state index contributed by atoms with van der Waals surface area (Å²) in [6.07, 6.45) is 8.44. The van der Waals surface area contributed by atoms with Gasteiger partial charge < -0.3 is 10.2 Å². The Morgan fingerprint density at radius 3 is 2.44 bits per heavy atom. The molecule has 0 bridgehead atoms. The van der Waals surface area contributed by atoms with Crippen LogP contribution in [-0.4, -0.2) is 36.0 Å². The van der Waals surface area contributed by atoms with E-state index in [1.807, 2.05) is 18.0 Å². The van der Waals surface area contributed by atoms with Gasteiger partial charge >= 0.3 is 0 Å². The molecule has 3 heteroatoms. The summed E-state index contributed by atoms with van der Waals surface area (Å²) in [7, 11) is 1.99. The first-order valence-corrected chi connectivity index (χ1v) is 7.14. The number of carbonyl (C=O) groups is 1. The fourth-order valence-corrected chi connectivity index (χ4v) is 2.87. The van der Waals surface area contributed by atoms with Gasteiger partial charge in [-0.25, -0.2) is 0 Å². The second-order valence-corrected chi connectivity index (χ2v) is 5.70. The van der Waals surface area contributed by atoms with E-state index < -0.39 is 0 Å². The molecule has 18 heavy (non-hydrogen) atoms. The van der Waals surface area contributed by atoms with E-state index in [4.69, 9.17) is 0 Å². The number of rotatable bonds is 6. The number of amides is 1. The van der Waals surface area contributed by atoms with E-state index >= 15 is 0 Å². The molecule has 1 fully saturated rings. The van der Waals surface area contributed by atoms with Crippen LogP contribution in [0, 0.1) is 0 Å². The van der Waals surface area contributed by atoms with E-state index in [0.717, 1.165) is 12.8 Å². The van der Waals surface area contributed by atoms with E-state index in [9.17, 15) is 4.79 Å². The number of nitrogens with one attached hydrogen (secondary N) is 1. The average Bonchev–Trinajstić information content (AvgIpc) is 2.36. The molecular formula is C15H28N2O. The molecule has 1 N–H and O–H groups in total. The molecule has 0 heterocycles. The third-order valence-electron chi connectivity index (χ3n) is 4.10. The van der Waals surface area contributed by atoms with Gasteiger partial charge in [-0.2, -0.15) is 0 Å². The molecule has 1 amide bonds. The zero-order valence-corrected chi connectivity index (χ0v) is 12.2. The van der Waals surface area contributed by atoms with Gasteiger partial charge in [0.15, 0.2) is 0 Å². The summed E-state index contributed by atoms with van der Waals surface area (Å²) in [6.45, 7) is 8.52. The number of hydrogen-bond acceptors (Lipinski definition) is 2. The van der Waals surface area contributed by atoms with Crippen LogP contribution in [0.2, 0.25) is 0 Å². The summed E-state index contributed by atoms with van der Waals surface area (Å²) in [4.78, 5) is 14.4. The van der Waals surface area contributed by atoms with Crippen LogP contribution in [0.4, 0.5) is 0 Å². The largest absolute Gasteiger partial charge is 0.337 e. The number of hydrogen-bond donors (Lipinski definition) is 1. The maximum atomic E-state index is 12.4. The van der Waals surface area contributed by atoms with Crippen molar-refractivity contribution in [2.45, 2.75) is 64.0 Å². The Balaban J connectivity index is 2.67. The quantitative estimate of drug-likeness (QED) is 0.737. The molecule has 0 atom stereocenters. The van der Waals surface area contributed by atoms with Crippen LogP contribution in [0.5, 0.6) is 0 Å². The molecule has 1 rings (SSSR count). The highest BCUT2D eigenvalue weighted by Gasteiger charge is 2.34. The second kappa shape index (κ2) is 6.93. The lowest BCUT2D eigenvalue weighted by Gasteiger charge is -2.38. The number of carbonyl (C=O) groups excluding carboxylic acids is 1. The van der Waals surface area contributed by atoms with Crippen LogP contribution in [0.1, 0.15) is 52.4 Å². The maximum Gasteiger partial charge on any atom is 0.224 e. The molecule has 0 aliphatic heterocycles. The van der Waals surface area contributed by atoms with Crippen molar-refractivity contribution in [3.63, 3.8) is 0 Å². The number of nitrogens with zero attached hydrogens (tertiary/aromatic N) is 1. The summed E-state index contributed by atoms with van der Waals surface area (Å²) in [6, 6.07) is 0.244. The monoisotopic (exact) mass is 252 g/mol. The Kier molecular flexibility index (Phi) is 5.86. The maximum absolute atomic E-state index is 12.4. The molecule has 0 aromatic rings. The molecule has 1 aliphatic carbocycles. The minimum Gasteiger partial charge on any atom is -0.337 e. The Morgan fingerprint density at radius 1 is 1.39 bits per heavy atom. The molecular weight excluding hydrogens is 224 g/mol. The molecule has 1 saturated carbocycles. The van der Waals surface area contributed by atoms with E-state index in [2.05, 4.69) is 25.7 Å². The van der Waals surface area contributed by atoms with Crippen LogP contribution < -0.4 is 5.32 Å². The molecule has 0 unspecified atom stereocenters. The molecule has 0 saturated heterocycles. The molecule has 0 radical (unpaired) electrons. The molecule has 0 aromatic heterocycles. The standard InChI is InChI=1S/C15H28N2O/c1-5-11-17(13(2)3)14(18)12-15(16-4)9-7-6-8-10-15/h5,13,16H,1,6-12H2,2-4H3. The van der Waals surface area contributed by atoms with Crippen molar-refractivity contribution < 1.29 is 4.79 Å². The van der Waals surface area contributed by atoms with Crippen LogP contribution in [0.3, 0.4) is 0 Å². The highest BCUT2D eigenvalue weighted by Crippen LogP contribution is 2.31. The smallest absolute Gasteiger partial charge is 0.224 e. The normalized spacial score (nSPS) is 18.7. The summed E-state index contributed by atoms with van der Waals surface area (Å²) >= 11 is 0. The first kappa shape index (κ1) is 15.2. The SMILES string of the molecule is C=CCN(C(=O)CC1(NC)CCCCC1)C(C)C. The van der Waals surface area contributed by atoms with Gasteiger partial charge in [-0.15, -0.1) is 6.58 Å². The first-order valence-electron chi connectivity index (χ1n) is 7.14. The van der Waals surface area contributed by atoms with E-state index in [1.54, 1.807) is 0 Å².